The van der Waals surface area contributed by atoms with Gasteiger partial charge in [-0.1, -0.05) is 13.3 Å². The van der Waals surface area contributed by atoms with Crippen molar-refractivity contribution in [3.63, 3.8) is 0 Å². The molecule has 0 fully saturated rings. The second kappa shape index (κ2) is 7.63. The first kappa shape index (κ1) is 15.3. The number of rotatable bonds is 7. The Labute approximate surface area is 114 Å². The third kappa shape index (κ3) is 4.44. The van der Waals surface area contributed by atoms with Gasteiger partial charge < -0.3 is 20.5 Å². The van der Waals surface area contributed by atoms with Gasteiger partial charge in [-0.2, -0.15) is 0 Å². The predicted octanol–water partition coefficient (Wildman–Crippen LogP) is 1.45. The Balaban J connectivity index is 2.64. The summed E-state index contributed by atoms with van der Waals surface area (Å²) in [6.07, 6.45) is 1.58. The monoisotopic (exact) mass is 266 g/mol. The van der Waals surface area contributed by atoms with Crippen molar-refractivity contribution in [1.82, 2.24) is 5.32 Å². The van der Waals surface area contributed by atoms with Crippen LogP contribution in [-0.4, -0.2) is 26.2 Å². The van der Waals surface area contributed by atoms with Gasteiger partial charge in [-0.25, -0.2) is 0 Å². The van der Waals surface area contributed by atoms with Crippen molar-refractivity contribution in [2.45, 2.75) is 32.4 Å². The van der Waals surface area contributed by atoms with E-state index in [9.17, 15) is 4.79 Å². The number of hydrogen-bond donors (Lipinski definition) is 2. The quantitative estimate of drug-likeness (QED) is 0.783. The lowest BCUT2D eigenvalue weighted by atomic mass is 10.1. The molecule has 0 aliphatic heterocycles. The van der Waals surface area contributed by atoms with Gasteiger partial charge in [0.25, 0.3) is 0 Å². The van der Waals surface area contributed by atoms with Crippen molar-refractivity contribution in [2.24, 2.45) is 5.73 Å². The largest absolute Gasteiger partial charge is 0.497 e. The minimum absolute atomic E-state index is 0.139. The number of carbonyl (C=O) groups is 1. The molecule has 1 aromatic rings. The fourth-order valence-electron chi connectivity index (χ4n) is 1.75. The van der Waals surface area contributed by atoms with E-state index in [0.717, 1.165) is 17.7 Å². The Kier molecular flexibility index (Phi) is 6.15. The third-order valence-electron chi connectivity index (χ3n) is 2.88. The highest BCUT2D eigenvalue weighted by Gasteiger charge is 2.13. The summed E-state index contributed by atoms with van der Waals surface area (Å²) in [5, 5.41) is 2.81. The van der Waals surface area contributed by atoms with E-state index in [1.807, 2.05) is 19.1 Å². The van der Waals surface area contributed by atoms with Crippen molar-refractivity contribution in [3.8, 4) is 11.5 Å². The zero-order valence-electron chi connectivity index (χ0n) is 11.7. The normalized spacial score (nSPS) is 11.8. The van der Waals surface area contributed by atoms with E-state index in [1.165, 1.54) is 0 Å². The molecule has 1 rings (SSSR count). The predicted molar refractivity (Wildman–Crippen MR) is 74.3 cm³/mol. The minimum Gasteiger partial charge on any atom is -0.497 e. The lowest BCUT2D eigenvalue weighted by Gasteiger charge is -2.13. The van der Waals surface area contributed by atoms with Crippen LogP contribution in [0, 0.1) is 0 Å². The summed E-state index contributed by atoms with van der Waals surface area (Å²) in [7, 11) is 3.18. The van der Waals surface area contributed by atoms with Crippen molar-refractivity contribution in [1.29, 1.82) is 0 Å². The fraction of sp³-hybridized carbons (Fsp3) is 0.500. The standard InChI is InChI=1S/C14H22N2O3/c1-4-5-12(15)14(17)16-9-10-6-7-11(18-2)8-13(10)19-3/h6-8,12H,4-5,9,15H2,1-3H3,(H,16,17)/t12-/m0/s1. The number of ether oxygens (including phenoxy) is 2. The van der Waals surface area contributed by atoms with E-state index in [-0.39, 0.29) is 5.91 Å². The molecule has 1 aromatic carbocycles. The highest BCUT2D eigenvalue weighted by atomic mass is 16.5. The maximum Gasteiger partial charge on any atom is 0.237 e. The first-order valence-corrected chi connectivity index (χ1v) is 6.36. The Morgan fingerprint density at radius 2 is 2.11 bits per heavy atom. The molecular weight excluding hydrogens is 244 g/mol. The molecule has 19 heavy (non-hydrogen) atoms. The number of methoxy groups -OCH3 is 2. The Morgan fingerprint density at radius 3 is 2.68 bits per heavy atom. The maximum atomic E-state index is 11.7. The van der Waals surface area contributed by atoms with Crippen LogP contribution >= 0.6 is 0 Å². The van der Waals surface area contributed by atoms with Crippen LogP contribution in [0.1, 0.15) is 25.3 Å². The summed E-state index contributed by atoms with van der Waals surface area (Å²) in [5.74, 6) is 1.26. The van der Waals surface area contributed by atoms with Crippen LogP contribution < -0.4 is 20.5 Å². The van der Waals surface area contributed by atoms with Gasteiger partial charge in [0, 0.05) is 18.2 Å². The van der Waals surface area contributed by atoms with Gasteiger partial charge in [0.1, 0.15) is 11.5 Å². The SMILES string of the molecule is CCC[C@H](N)C(=O)NCc1ccc(OC)cc1OC. The molecule has 0 bridgehead atoms. The zero-order chi connectivity index (χ0) is 14.3. The first-order valence-electron chi connectivity index (χ1n) is 6.36. The molecule has 0 saturated heterocycles. The number of amides is 1. The second-order valence-corrected chi connectivity index (χ2v) is 4.29. The summed E-state index contributed by atoms with van der Waals surface area (Å²) in [5.41, 5.74) is 6.63. The molecule has 0 radical (unpaired) electrons. The van der Waals surface area contributed by atoms with Crippen molar-refractivity contribution in [3.05, 3.63) is 23.8 Å². The number of benzene rings is 1. The molecule has 0 saturated carbocycles. The summed E-state index contributed by atoms with van der Waals surface area (Å²) in [4.78, 5) is 11.7. The van der Waals surface area contributed by atoms with Crippen LogP contribution in [-0.2, 0) is 11.3 Å². The maximum absolute atomic E-state index is 11.7. The molecule has 5 heteroatoms. The third-order valence-corrected chi connectivity index (χ3v) is 2.88. The summed E-state index contributed by atoms with van der Waals surface area (Å²) >= 11 is 0. The molecule has 5 nitrogen and oxygen atoms in total. The Bertz CT molecular complexity index is 421. The van der Waals surface area contributed by atoms with Crippen molar-refractivity contribution < 1.29 is 14.3 Å². The lowest BCUT2D eigenvalue weighted by Crippen LogP contribution is -2.40. The lowest BCUT2D eigenvalue weighted by molar-refractivity contribution is -0.122. The molecule has 0 spiro atoms. The Hall–Kier alpha value is -1.75. The van der Waals surface area contributed by atoms with Gasteiger partial charge in [0.05, 0.1) is 20.3 Å². The van der Waals surface area contributed by atoms with Crippen LogP contribution in [0.15, 0.2) is 18.2 Å². The van der Waals surface area contributed by atoms with E-state index in [1.54, 1.807) is 20.3 Å². The van der Waals surface area contributed by atoms with Crippen LogP contribution in [0.4, 0.5) is 0 Å². The molecule has 3 N–H and O–H groups in total. The molecule has 0 heterocycles. The molecule has 0 aliphatic rings. The second-order valence-electron chi connectivity index (χ2n) is 4.29. The Morgan fingerprint density at radius 1 is 1.37 bits per heavy atom. The van der Waals surface area contributed by atoms with Crippen molar-refractivity contribution >= 4 is 5.91 Å². The summed E-state index contributed by atoms with van der Waals surface area (Å²) in [6.45, 7) is 2.39. The molecule has 1 amide bonds. The van der Waals surface area contributed by atoms with Gasteiger partial charge in [-0.05, 0) is 18.6 Å². The van der Waals surface area contributed by atoms with Gasteiger partial charge >= 0.3 is 0 Å². The van der Waals surface area contributed by atoms with E-state index in [4.69, 9.17) is 15.2 Å². The highest BCUT2D eigenvalue weighted by Crippen LogP contribution is 2.24. The summed E-state index contributed by atoms with van der Waals surface area (Å²) in [6, 6.07) is 5.03. The van der Waals surface area contributed by atoms with Crippen LogP contribution in [0.3, 0.4) is 0 Å². The molecular formula is C14H22N2O3. The topological polar surface area (TPSA) is 73.6 Å². The van der Waals surface area contributed by atoms with Crippen LogP contribution in [0.2, 0.25) is 0 Å². The van der Waals surface area contributed by atoms with Crippen LogP contribution in [0.25, 0.3) is 0 Å². The van der Waals surface area contributed by atoms with Crippen LogP contribution in [0.5, 0.6) is 11.5 Å². The summed E-state index contributed by atoms with van der Waals surface area (Å²) < 4.78 is 10.4. The minimum atomic E-state index is -0.450. The fourth-order valence-corrected chi connectivity index (χ4v) is 1.75. The molecule has 0 unspecified atom stereocenters. The average Bonchev–Trinajstić information content (AvgIpc) is 2.44. The van der Waals surface area contributed by atoms with Crippen molar-refractivity contribution in [2.75, 3.05) is 14.2 Å². The number of hydrogen-bond acceptors (Lipinski definition) is 4. The van der Waals surface area contributed by atoms with E-state index >= 15 is 0 Å². The highest BCUT2D eigenvalue weighted by molar-refractivity contribution is 5.81. The first-order chi connectivity index (χ1) is 9.12. The smallest absolute Gasteiger partial charge is 0.237 e. The van der Waals surface area contributed by atoms with E-state index < -0.39 is 6.04 Å². The molecule has 106 valence electrons. The average molecular weight is 266 g/mol. The zero-order valence-corrected chi connectivity index (χ0v) is 11.7. The number of nitrogens with two attached hydrogens (primary N) is 1. The van der Waals surface area contributed by atoms with Gasteiger partial charge in [0.15, 0.2) is 0 Å². The molecule has 1 atom stereocenters. The molecule has 0 aliphatic carbocycles. The van der Waals surface area contributed by atoms with Gasteiger partial charge in [-0.3, -0.25) is 4.79 Å². The van der Waals surface area contributed by atoms with E-state index in [2.05, 4.69) is 5.32 Å². The van der Waals surface area contributed by atoms with E-state index in [0.29, 0.717) is 18.7 Å². The molecule has 0 aromatic heterocycles. The van der Waals surface area contributed by atoms with Gasteiger partial charge in [-0.15, -0.1) is 0 Å². The number of nitrogens with one attached hydrogen (secondary N) is 1. The van der Waals surface area contributed by atoms with Gasteiger partial charge in [0.2, 0.25) is 5.91 Å². The number of carbonyl (C=O) groups excluding carboxylic acids is 1.